The first-order valence-corrected chi connectivity index (χ1v) is 9.18. The Morgan fingerprint density at radius 2 is 2.13 bits per heavy atom. The molecule has 0 unspecified atom stereocenters. The van der Waals surface area contributed by atoms with E-state index in [9.17, 15) is 4.79 Å². The van der Waals surface area contributed by atoms with Gasteiger partial charge in [0.1, 0.15) is 5.82 Å². The number of carbonyl (C=O) groups is 1. The monoisotopic (exact) mass is 318 g/mol. The Kier molecular flexibility index (Phi) is 5.36. The Hall–Kier alpha value is -1.36. The lowest BCUT2D eigenvalue weighted by Gasteiger charge is -2.29. The Bertz CT molecular complexity index is 519. The lowest BCUT2D eigenvalue weighted by molar-refractivity contribution is -0.123. The van der Waals surface area contributed by atoms with Gasteiger partial charge in [-0.05, 0) is 51.4 Å². The summed E-state index contributed by atoms with van der Waals surface area (Å²) in [7, 11) is 0. The van der Waals surface area contributed by atoms with E-state index in [1.54, 1.807) is 0 Å². The van der Waals surface area contributed by atoms with Gasteiger partial charge in [0.25, 0.3) is 0 Å². The Morgan fingerprint density at radius 1 is 1.35 bits per heavy atom. The molecule has 23 heavy (non-hydrogen) atoms. The minimum Gasteiger partial charge on any atom is -0.352 e. The molecule has 5 nitrogen and oxygen atoms in total. The average Bonchev–Trinajstić information content (AvgIpc) is 3.03. The van der Waals surface area contributed by atoms with Crippen molar-refractivity contribution in [1.29, 1.82) is 0 Å². The third-order valence-electron chi connectivity index (χ3n) is 5.49. The van der Waals surface area contributed by atoms with Crippen LogP contribution in [0.2, 0.25) is 0 Å². The average molecular weight is 318 g/mol. The molecule has 1 saturated carbocycles. The van der Waals surface area contributed by atoms with Gasteiger partial charge >= 0.3 is 0 Å². The standard InChI is InChI=1S/C18H30N4O/c1-13-5-7-16(8-6-13)21-18(23)14(2)20-12-15-4-3-10-22-11-9-19-17(15)22/h9,11,13-16,20H,3-8,10,12H2,1-2H3,(H,21,23)/t13?,14-,15+,16?/m0/s1. The van der Waals surface area contributed by atoms with Crippen molar-refractivity contribution in [3.8, 4) is 0 Å². The predicted molar refractivity (Wildman–Crippen MR) is 91.2 cm³/mol. The van der Waals surface area contributed by atoms with Crippen molar-refractivity contribution in [1.82, 2.24) is 20.2 Å². The van der Waals surface area contributed by atoms with Crippen molar-refractivity contribution in [2.75, 3.05) is 6.54 Å². The first-order chi connectivity index (χ1) is 11.1. The zero-order valence-electron chi connectivity index (χ0n) is 14.4. The zero-order valence-corrected chi connectivity index (χ0v) is 14.4. The third kappa shape index (κ3) is 4.14. The number of hydrogen-bond acceptors (Lipinski definition) is 3. The lowest BCUT2D eigenvalue weighted by atomic mass is 9.87. The van der Waals surface area contributed by atoms with Crippen LogP contribution < -0.4 is 10.6 Å². The molecule has 1 amide bonds. The molecule has 0 aromatic carbocycles. The predicted octanol–water partition coefficient (Wildman–Crippen LogP) is 2.43. The number of carbonyl (C=O) groups excluding carboxylic acids is 1. The minimum atomic E-state index is -0.139. The maximum atomic E-state index is 12.4. The van der Waals surface area contributed by atoms with Crippen LogP contribution in [0.4, 0.5) is 0 Å². The van der Waals surface area contributed by atoms with Gasteiger partial charge in [0.2, 0.25) is 5.91 Å². The molecule has 0 radical (unpaired) electrons. The summed E-state index contributed by atoms with van der Waals surface area (Å²) in [5.41, 5.74) is 0. The highest BCUT2D eigenvalue weighted by atomic mass is 16.2. The molecule has 1 fully saturated rings. The van der Waals surface area contributed by atoms with E-state index < -0.39 is 0 Å². The van der Waals surface area contributed by atoms with Crippen molar-refractivity contribution in [2.45, 2.75) is 76.9 Å². The number of nitrogens with zero attached hydrogens (tertiary/aromatic N) is 2. The summed E-state index contributed by atoms with van der Waals surface area (Å²) in [6, 6.07) is 0.233. The first kappa shape index (κ1) is 16.5. The van der Waals surface area contributed by atoms with Crippen LogP contribution in [0.1, 0.15) is 64.1 Å². The number of aryl methyl sites for hydroxylation is 1. The molecule has 1 aromatic heterocycles. The Balaban J connectivity index is 1.44. The molecular formula is C18H30N4O. The molecule has 0 bridgehead atoms. The van der Waals surface area contributed by atoms with E-state index in [0.717, 1.165) is 44.1 Å². The summed E-state index contributed by atoms with van der Waals surface area (Å²) in [5, 5.41) is 6.63. The highest BCUT2D eigenvalue weighted by Gasteiger charge is 2.25. The normalized spacial score (nSPS) is 28.9. The fourth-order valence-corrected chi connectivity index (χ4v) is 3.84. The molecule has 1 aliphatic carbocycles. The maximum absolute atomic E-state index is 12.4. The molecule has 128 valence electrons. The van der Waals surface area contributed by atoms with Gasteiger partial charge in [0.05, 0.1) is 6.04 Å². The van der Waals surface area contributed by atoms with Gasteiger partial charge in [-0.25, -0.2) is 4.98 Å². The van der Waals surface area contributed by atoms with Crippen molar-refractivity contribution in [2.24, 2.45) is 5.92 Å². The number of amides is 1. The van der Waals surface area contributed by atoms with Gasteiger partial charge in [-0.2, -0.15) is 0 Å². The van der Waals surface area contributed by atoms with E-state index in [1.807, 2.05) is 13.1 Å². The Morgan fingerprint density at radius 3 is 2.91 bits per heavy atom. The molecule has 2 N–H and O–H groups in total. The highest BCUT2D eigenvalue weighted by molar-refractivity contribution is 5.81. The van der Waals surface area contributed by atoms with Crippen LogP contribution in [0, 0.1) is 5.92 Å². The fraction of sp³-hybridized carbons (Fsp3) is 0.778. The third-order valence-corrected chi connectivity index (χ3v) is 5.49. The van der Waals surface area contributed by atoms with Crippen molar-refractivity contribution >= 4 is 5.91 Å². The van der Waals surface area contributed by atoms with E-state index in [-0.39, 0.29) is 11.9 Å². The summed E-state index contributed by atoms with van der Waals surface area (Å²) < 4.78 is 2.24. The molecule has 1 aromatic rings. The lowest BCUT2D eigenvalue weighted by Crippen LogP contribution is -2.48. The quantitative estimate of drug-likeness (QED) is 0.876. The minimum absolute atomic E-state index is 0.139. The molecule has 5 heteroatoms. The summed E-state index contributed by atoms with van der Waals surface area (Å²) in [6.07, 6.45) is 11.0. The van der Waals surface area contributed by atoms with Gasteiger partial charge < -0.3 is 15.2 Å². The SMILES string of the molecule is CC1CCC(NC(=O)[C@H](C)NC[C@H]2CCCn3ccnc32)CC1. The molecule has 0 saturated heterocycles. The number of hydrogen-bond donors (Lipinski definition) is 2. The second-order valence-corrected chi connectivity index (χ2v) is 7.41. The number of aromatic nitrogens is 2. The molecule has 2 atom stereocenters. The molecule has 2 aliphatic rings. The highest BCUT2D eigenvalue weighted by Crippen LogP contribution is 2.25. The first-order valence-electron chi connectivity index (χ1n) is 9.18. The summed E-state index contributed by atoms with van der Waals surface area (Å²) in [4.78, 5) is 16.9. The van der Waals surface area contributed by atoms with E-state index in [2.05, 4.69) is 33.3 Å². The van der Waals surface area contributed by atoms with Crippen LogP contribution in [0.15, 0.2) is 12.4 Å². The number of imidazole rings is 1. The zero-order chi connectivity index (χ0) is 16.2. The molecule has 2 heterocycles. The number of rotatable bonds is 5. The molecule has 3 rings (SSSR count). The van der Waals surface area contributed by atoms with Crippen LogP contribution in [0.3, 0.4) is 0 Å². The maximum Gasteiger partial charge on any atom is 0.237 e. The van der Waals surface area contributed by atoms with E-state index >= 15 is 0 Å². The van der Waals surface area contributed by atoms with Crippen LogP contribution in [-0.4, -0.2) is 34.1 Å². The van der Waals surface area contributed by atoms with E-state index in [4.69, 9.17) is 0 Å². The van der Waals surface area contributed by atoms with Crippen molar-refractivity contribution in [3.63, 3.8) is 0 Å². The smallest absolute Gasteiger partial charge is 0.237 e. The van der Waals surface area contributed by atoms with Gasteiger partial charge in [0.15, 0.2) is 0 Å². The van der Waals surface area contributed by atoms with Crippen LogP contribution in [-0.2, 0) is 11.3 Å². The van der Waals surface area contributed by atoms with E-state index in [1.165, 1.54) is 19.3 Å². The van der Waals surface area contributed by atoms with Gasteiger partial charge in [-0.1, -0.05) is 6.92 Å². The summed E-state index contributed by atoms with van der Waals surface area (Å²) >= 11 is 0. The van der Waals surface area contributed by atoms with Gasteiger partial charge in [-0.3, -0.25) is 4.79 Å². The second-order valence-electron chi connectivity index (χ2n) is 7.41. The van der Waals surface area contributed by atoms with Crippen LogP contribution >= 0.6 is 0 Å². The molecule has 0 spiro atoms. The Labute approximate surface area is 139 Å². The number of fused-ring (bicyclic) bond motifs is 1. The topological polar surface area (TPSA) is 59.0 Å². The van der Waals surface area contributed by atoms with Crippen LogP contribution in [0.5, 0.6) is 0 Å². The van der Waals surface area contributed by atoms with Gasteiger partial charge in [0, 0.05) is 37.4 Å². The van der Waals surface area contributed by atoms with Gasteiger partial charge in [-0.15, -0.1) is 0 Å². The molecule has 1 aliphatic heterocycles. The van der Waals surface area contributed by atoms with Crippen LogP contribution in [0.25, 0.3) is 0 Å². The second kappa shape index (κ2) is 7.47. The molecular weight excluding hydrogens is 288 g/mol. The van der Waals surface area contributed by atoms with E-state index in [0.29, 0.717) is 12.0 Å². The van der Waals surface area contributed by atoms with Crippen molar-refractivity contribution < 1.29 is 4.79 Å². The largest absolute Gasteiger partial charge is 0.352 e. The number of nitrogens with one attached hydrogen (secondary N) is 2. The van der Waals surface area contributed by atoms with Crippen molar-refractivity contribution in [3.05, 3.63) is 18.2 Å². The fourth-order valence-electron chi connectivity index (χ4n) is 3.84. The summed E-state index contributed by atoms with van der Waals surface area (Å²) in [6.45, 7) is 6.17. The summed E-state index contributed by atoms with van der Waals surface area (Å²) in [5.74, 6) is 2.54.